The van der Waals surface area contributed by atoms with Gasteiger partial charge in [-0.1, -0.05) is 23.2 Å². The summed E-state index contributed by atoms with van der Waals surface area (Å²) in [7, 11) is 0. The number of aromatic nitrogens is 3. The molecule has 2 aromatic rings. The number of aromatic amines is 1. The average Bonchev–Trinajstić information content (AvgIpc) is 2.71. The molecule has 9 nitrogen and oxygen atoms in total. The lowest BCUT2D eigenvalue weighted by molar-refractivity contribution is 0.514. The third-order valence-electron chi connectivity index (χ3n) is 4.67. The third kappa shape index (κ3) is 3.64. The summed E-state index contributed by atoms with van der Waals surface area (Å²) in [4.78, 5) is 25.6. The first kappa shape index (κ1) is 19.2. The predicted octanol–water partition coefficient (Wildman–Crippen LogP) is 2.27. The van der Waals surface area contributed by atoms with E-state index in [1.165, 1.54) is 17.7 Å². The number of rotatable bonds is 2. The van der Waals surface area contributed by atoms with Gasteiger partial charge in [-0.05, 0) is 43.4 Å². The molecule has 4 rings (SSSR count). The van der Waals surface area contributed by atoms with E-state index in [0.29, 0.717) is 12.4 Å². The van der Waals surface area contributed by atoms with Crippen molar-refractivity contribution in [3.8, 4) is 17.5 Å². The van der Waals surface area contributed by atoms with Crippen molar-refractivity contribution in [3.63, 3.8) is 0 Å². The average molecular weight is 433 g/mol. The monoisotopic (exact) mass is 432 g/mol. The third-order valence-corrected chi connectivity index (χ3v) is 5.23. The standard InChI is InChI=1S/C18H14Cl2N6O3/c19-12-5-10(26-18(28)23-16(27)14(7-21)25-26)6-13(20)15(12)29-17-11-4-2-1-3-9(11)8-22-24-17/h5-6,22H,1-4,8H2,(H,23,27,28). The Balaban J connectivity index is 1.72. The van der Waals surface area contributed by atoms with E-state index in [1.807, 2.05) is 4.98 Å². The topological polar surface area (TPSA) is 125 Å². The van der Waals surface area contributed by atoms with Crippen LogP contribution >= 0.6 is 23.2 Å². The zero-order chi connectivity index (χ0) is 20.5. The number of hydrogen-bond acceptors (Lipinski definition) is 7. The molecule has 0 unspecified atom stereocenters. The SMILES string of the molecule is N#Cc1nn(-c2cc(Cl)c(OC3=NNCC4=C3CCCC4)c(Cl)c2)c(=O)[nH]c1=O. The van der Waals surface area contributed by atoms with Crippen LogP contribution in [0.5, 0.6) is 5.75 Å². The number of H-pyrrole nitrogens is 1. The Bertz CT molecular complexity index is 1200. The molecule has 11 heteroatoms. The Morgan fingerprint density at radius 2 is 1.90 bits per heavy atom. The number of halogens is 2. The molecule has 0 saturated carbocycles. The van der Waals surface area contributed by atoms with Crippen molar-refractivity contribution in [2.24, 2.45) is 5.10 Å². The largest absolute Gasteiger partial charge is 0.434 e. The van der Waals surface area contributed by atoms with Crippen LogP contribution in [0.1, 0.15) is 31.4 Å². The highest BCUT2D eigenvalue weighted by Crippen LogP contribution is 2.37. The molecule has 0 atom stereocenters. The molecular formula is C18H14Cl2N6O3. The van der Waals surface area contributed by atoms with Crippen LogP contribution in [0.3, 0.4) is 0 Å². The molecule has 0 radical (unpaired) electrons. The number of nitriles is 1. The minimum atomic E-state index is -0.870. The molecule has 0 amide bonds. The summed E-state index contributed by atoms with van der Waals surface area (Å²) in [6.07, 6.45) is 4.06. The smallest absolute Gasteiger partial charge is 0.349 e. The second-order valence-corrected chi connectivity index (χ2v) is 7.33. The van der Waals surface area contributed by atoms with Gasteiger partial charge in [0.2, 0.25) is 11.6 Å². The maximum absolute atomic E-state index is 12.1. The zero-order valence-electron chi connectivity index (χ0n) is 15.0. The Labute approximate surface area is 174 Å². The lowest BCUT2D eigenvalue weighted by Gasteiger charge is -2.25. The van der Waals surface area contributed by atoms with E-state index in [1.54, 1.807) is 6.07 Å². The maximum Gasteiger partial charge on any atom is 0.349 e. The van der Waals surface area contributed by atoms with Crippen LogP contribution in [0.15, 0.2) is 38.0 Å². The number of hydrogen-bond donors (Lipinski definition) is 2. The highest BCUT2D eigenvalue weighted by atomic mass is 35.5. The van der Waals surface area contributed by atoms with Gasteiger partial charge in [0.1, 0.15) is 6.07 Å². The van der Waals surface area contributed by atoms with Crippen molar-refractivity contribution in [2.45, 2.75) is 25.7 Å². The molecular weight excluding hydrogens is 419 g/mol. The second-order valence-electron chi connectivity index (χ2n) is 6.51. The van der Waals surface area contributed by atoms with Crippen LogP contribution in [-0.2, 0) is 0 Å². The minimum Gasteiger partial charge on any atom is -0.434 e. The van der Waals surface area contributed by atoms with E-state index >= 15 is 0 Å². The van der Waals surface area contributed by atoms with E-state index < -0.39 is 16.9 Å². The number of hydrazone groups is 1. The number of ether oxygens (including phenoxy) is 1. The molecule has 0 fully saturated rings. The highest BCUT2D eigenvalue weighted by Gasteiger charge is 2.24. The molecule has 0 bridgehead atoms. The van der Waals surface area contributed by atoms with Crippen LogP contribution in [0.4, 0.5) is 0 Å². The quantitative estimate of drug-likeness (QED) is 0.749. The van der Waals surface area contributed by atoms with Gasteiger partial charge in [0.25, 0.3) is 5.56 Å². The first-order valence-electron chi connectivity index (χ1n) is 8.81. The molecule has 148 valence electrons. The maximum atomic E-state index is 12.1. The number of nitrogens with one attached hydrogen (secondary N) is 2. The molecule has 1 aromatic heterocycles. The van der Waals surface area contributed by atoms with Crippen molar-refractivity contribution >= 4 is 29.1 Å². The Morgan fingerprint density at radius 3 is 2.62 bits per heavy atom. The van der Waals surface area contributed by atoms with E-state index in [4.69, 9.17) is 33.2 Å². The van der Waals surface area contributed by atoms with Crippen LogP contribution in [0.25, 0.3) is 5.69 Å². The normalized spacial score (nSPS) is 15.8. The summed E-state index contributed by atoms with van der Waals surface area (Å²) in [5, 5.41) is 17.2. The summed E-state index contributed by atoms with van der Waals surface area (Å²) in [5.74, 6) is 0.614. The van der Waals surface area contributed by atoms with Gasteiger partial charge in [-0.15, -0.1) is 10.2 Å². The summed E-state index contributed by atoms with van der Waals surface area (Å²) >= 11 is 12.7. The molecule has 2 aliphatic rings. The van der Waals surface area contributed by atoms with Crippen molar-refractivity contribution in [3.05, 3.63) is 59.9 Å². The van der Waals surface area contributed by atoms with Gasteiger partial charge in [-0.3, -0.25) is 9.78 Å². The van der Waals surface area contributed by atoms with Gasteiger partial charge in [0.15, 0.2) is 5.75 Å². The van der Waals surface area contributed by atoms with Crippen LogP contribution in [0, 0.1) is 11.3 Å². The molecule has 1 aromatic carbocycles. The summed E-state index contributed by atoms with van der Waals surface area (Å²) < 4.78 is 6.76. The summed E-state index contributed by atoms with van der Waals surface area (Å²) in [5.41, 5.74) is 3.29. The fourth-order valence-electron chi connectivity index (χ4n) is 3.29. The zero-order valence-corrected chi connectivity index (χ0v) is 16.5. The van der Waals surface area contributed by atoms with Crippen molar-refractivity contribution in [1.82, 2.24) is 20.2 Å². The Hall–Kier alpha value is -3.09. The van der Waals surface area contributed by atoms with E-state index in [9.17, 15) is 9.59 Å². The van der Waals surface area contributed by atoms with Crippen molar-refractivity contribution in [2.75, 3.05) is 6.54 Å². The van der Waals surface area contributed by atoms with E-state index in [2.05, 4.69) is 15.6 Å². The first-order valence-corrected chi connectivity index (χ1v) is 9.56. The molecule has 29 heavy (non-hydrogen) atoms. The van der Waals surface area contributed by atoms with E-state index in [0.717, 1.165) is 35.9 Å². The van der Waals surface area contributed by atoms with Crippen molar-refractivity contribution in [1.29, 1.82) is 5.26 Å². The highest BCUT2D eigenvalue weighted by molar-refractivity contribution is 6.37. The lowest BCUT2D eigenvalue weighted by Crippen LogP contribution is -2.33. The van der Waals surface area contributed by atoms with Crippen LogP contribution < -0.4 is 21.4 Å². The van der Waals surface area contributed by atoms with Crippen LogP contribution in [0.2, 0.25) is 10.0 Å². The fraction of sp³-hybridized carbons (Fsp3) is 0.278. The molecule has 0 saturated heterocycles. The summed E-state index contributed by atoms with van der Waals surface area (Å²) in [6, 6.07) is 4.43. The second kappa shape index (κ2) is 7.73. The number of benzene rings is 1. The van der Waals surface area contributed by atoms with Gasteiger partial charge in [-0.25, -0.2) is 4.79 Å². The van der Waals surface area contributed by atoms with Gasteiger partial charge >= 0.3 is 5.69 Å². The molecule has 2 heterocycles. The van der Waals surface area contributed by atoms with Gasteiger partial charge in [0, 0.05) is 5.57 Å². The summed E-state index contributed by atoms with van der Waals surface area (Å²) in [6.45, 7) is 0.699. The Kier molecular flexibility index (Phi) is 5.13. The molecule has 0 spiro atoms. The fourth-order valence-corrected chi connectivity index (χ4v) is 3.84. The van der Waals surface area contributed by atoms with Gasteiger partial charge in [0.05, 0.1) is 22.3 Å². The minimum absolute atomic E-state index is 0.122. The molecule has 2 N–H and O–H groups in total. The first-order chi connectivity index (χ1) is 14.0. The van der Waals surface area contributed by atoms with Crippen LogP contribution in [-0.4, -0.2) is 27.2 Å². The molecule has 1 aliphatic heterocycles. The number of nitrogens with zero attached hydrogens (tertiary/aromatic N) is 4. The lowest BCUT2D eigenvalue weighted by atomic mass is 9.91. The predicted molar refractivity (Wildman–Crippen MR) is 107 cm³/mol. The van der Waals surface area contributed by atoms with E-state index in [-0.39, 0.29) is 21.5 Å². The Morgan fingerprint density at radius 1 is 1.17 bits per heavy atom. The van der Waals surface area contributed by atoms with Crippen molar-refractivity contribution < 1.29 is 4.74 Å². The molecule has 1 aliphatic carbocycles. The van der Waals surface area contributed by atoms with Gasteiger partial charge < -0.3 is 10.2 Å². The van der Waals surface area contributed by atoms with Gasteiger partial charge in [-0.2, -0.15) is 9.94 Å².